The highest BCUT2D eigenvalue weighted by atomic mass is 35.7. The molecule has 0 atom stereocenters. The third kappa shape index (κ3) is 3.96. The zero-order valence-corrected chi connectivity index (χ0v) is 13.7. The Hall–Kier alpha value is -0.590. The van der Waals surface area contributed by atoms with Gasteiger partial charge in [-0.3, -0.25) is 4.79 Å². The lowest BCUT2D eigenvalue weighted by Crippen LogP contribution is -2.37. The predicted molar refractivity (Wildman–Crippen MR) is 80.9 cm³/mol. The number of amides is 1. The van der Waals surface area contributed by atoms with Crippen molar-refractivity contribution in [1.82, 2.24) is 5.32 Å². The molecule has 1 fully saturated rings. The molecule has 1 aliphatic carbocycles. The van der Waals surface area contributed by atoms with E-state index in [9.17, 15) is 13.2 Å². The summed E-state index contributed by atoms with van der Waals surface area (Å²) in [4.78, 5) is 12.1. The van der Waals surface area contributed by atoms with Crippen LogP contribution in [0.4, 0.5) is 0 Å². The Bertz CT molecular complexity index is 574. The number of nitrogens with one attached hydrogen (secondary N) is 1. The lowest BCUT2D eigenvalue weighted by Gasteiger charge is -2.28. The van der Waals surface area contributed by atoms with E-state index in [2.05, 4.69) is 12.2 Å². The van der Waals surface area contributed by atoms with Crippen molar-refractivity contribution in [1.29, 1.82) is 0 Å². The second kappa shape index (κ2) is 6.45. The van der Waals surface area contributed by atoms with Crippen molar-refractivity contribution in [2.75, 3.05) is 0 Å². The Kier molecular flexibility index (Phi) is 5.09. The third-order valence-corrected chi connectivity index (χ3v) is 6.88. The predicted octanol–water partition coefficient (Wildman–Crippen LogP) is 3.37. The van der Waals surface area contributed by atoms with Crippen LogP contribution >= 0.6 is 22.0 Å². The summed E-state index contributed by atoms with van der Waals surface area (Å²) in [6.45, 7) is 2.20. The molecule has 0 aromatic carbocycles. The molecule has 112 valence electrons. The molecule has 1 heterocycles. The lowest BCUT2D eigenvalue weighted by atomic mass is 9.84. The number of carbonyl (C=O) groups excluding carboxylic acids is 1. The molecule has 1 N–H and O–H groups in total. The van der Waals surface area contributed by atoms with E-state index in [4.69, 9.17) is 10.7 Å². The first-order valence-electron chi connectivity index (χ1n) is 6.74. The molecule has 0 radical (unpaired) electrons. The van der Waals surface area contributed by atoms with Gasteiger partial charge in [-0.15, -0.1) is 11.3 Å². The van der Waals surface area contributed by atoms with E-state index in [-0.39, 0.29) is 16.2 Å². The first kappa shape index (κ1) is 15.8. The average molecular weight is 336 g/mol. The van der Waals surface area contributed by atoms with Crippen LogP contribution in [0.2, 0.25) is 0 Å². The van der Waals surface area contributed by atoms with Gasteiger partial charge in [-0.1, -0.05) is 13.3 Å². The summed E-state index contributed by atoms with van der Waals surface area (Å²) in [6, 6.07) is 1.53. The zero-order valence-electron chi connectivity index (χ0n) is 11.3. The molecule has 1 aliphatic rings. The molecule has 1 aromatic rings. The highest BCUT2D eigenvalue weighted by Gasteiger charge is 2.23. The van der Waals surface area contributed by atoms with Crippen LogP contribution in [0.1, 0.15) is 49.4 Å². The molecule has 1 saturated carbocycles. The van der Waals surface area contributed by atoms with Crippen LogP contribution in [-0.2, 0) is 9.05 Å². The average Bonchev–Trinajstić information content (AvgIpc) is 2.89. The van der Waals surface area contributed by atoms with Crippen molar-refractivity contribution < 1.29 is 13.2 Å². The van der Waals surface area contributed by atoms with E-state index in [1.54, 1.807) is 0 Å². The van der Waals surface area contributed by atoms with Crippen LogP contribution in [0.25, 0.3) is 0 Å². The van der Waals surface area contributed by atoms with E-state index in [0.29, 0.717) is 5.56 Å². The van der Waals surface area contributed by atoms with Crippen molar-refractivity contribution in [3.63, 3.8) is 0 Å². The smallest absolute Gasteiger partial charge is 0.270 e. The van der Waals surface area contributed by atoms with Gasteiger partial charge in [0.15, 0.2) is 0 Å². The minimum atomic E-state index is -3.75. The van der Waals surface area contributed by atoms with Gasteiger partial charge in [0.05, 0.1) is 5.56 Å². The monoisotopic (exact) mass is 335 g/mol. The van der Waals surface area contributed by atoms with E-state index in [0.717, 1.165) is 42.9 Å². The number of hydrogen-bond donors (Lipinski definition) is 1. The minimum absolute atomic E-state index is 0.0130. The molecular weight excluding hydrogens is 318 g/mol. The fourth-order valence-electron chi connectivity index (χ4n) is 2.55. The summed E-state index contributed by atoms with van der Waals surface area (Å²) in [5.74, 6) is 0.560. The fourth-order valence-corrected chi connectivity index (χ4v) is 4.49. The number of hydrogen-bond acceptors (Lipinski definition) is 4. The van der Waals surface area contributed by atoms with E-state index < -0.39 is 9.05 Å². The van der Waals surface area contributed by atoms with Crippen LogP contribution in [0, 0.1) is 5.92 Å². The first-order chi connectivity index (χ1) is 9.40. The summed E-state index contributed by atoms with van der Waals surface area (Å²) >= 11 is 0.970. The molecule has 0 bridgehead atoms. The maximum Gasteiger partial charge on any atom is 0.270 e. The lowest BCUT2D eigenvalue weighted by molar-refractivity contribution is 0.0922. The van der Waals surface area contributed by atoms with Gasteiger partial charge >= 0.3 is 0 Å². The van der Waals surface area contributed by atoms with Gasteiger partial charge in [0.1, 0.15) is 4.21 Å². The summed E-state index contributed by atoms with van der Waals surface area (Å²) < 4.78 is 22.4. The summed E-state index contributed by atoms with van der Waals surface area (Å²) in [6.07, 6.45) is 5.48. The summed E-state index contributed by atoms with van der Waals surface area (Å²) in [7, 11) is 1.50. The second-order valence-corrected chi connectivity index (χ2v) is 8.90. The summed E-state index contributed by atoms with van der Waals surface area (Å²) in [5, 5.41) is 4.50. The van der Waals surface area contributed by atoms with Crippen LogP contribution in [0.15, 0.2) is 15.7 Å². The van der Waals surface area contributed by atoms with Crippen LogP contribution in [0.3, 0.4) is 0 Å². The largest absolute Gasteiger partial charge is 0.349 e. The highest BCUT2D eigenvalue weighted by Crippen LogP contribution is 2.27. The standard InChI is InChI=1S/C13H18ClNO3S2/c1-2-9-3-5-11(6-4-9)15-13(16)10-7-12(19-8-10)20(14,17)18/h7-9,11H,2-6H2,1H3,(H,15,16). The molecule has 0 aliphatic heterocycles. The van der Waals surface area contributed by atoms with Crippen LogP contribution in [-0.4, -0.2) is 20.4 Å². The SMILES string of the molecule is CCC1CCC(NC(=O)c2csc(S(=O)(=O)Cl)c2)CC1. The van der Waals surface area contributed by atoms with Crippen LogP contribution < -0.4 is 5.32 Å². The molecule has 1 amide bonds. The van der Waals surface area contributed by atoms with E-state index in [1.807, 2.05) is 0 Å². The number of halogens is 1. The highest BCUT2D eigenvalue weighted by molar-refractivity contribution is 8.15. The van der Waals surface area contributed by atoms with E-state index in [1.165, 1.54) is 17.9 Å². The molecule has 2 rings (SSSR count). The van der Waals surface area contributed by atoms with Crippen molar-refractivity contribution >= 4 is 37.0 Å². The summed E-state index contributed by atoms with van der Waals surface area (Å²) in [5.41, 5.74) is 0.367. The quantitative estimate of drug-likeness (QED) is 0.858. The maximum atomic E-state index is 12.1. The third-order valence-electron chi connectivity index (χ3n) is 3.84. The molecule has 1 aromatic heterocycles. The topological polar surface area (TPSA) is 63.2 Å². The second-order valence-electron chi connectivity index (χ2n) is 5.19. The minimum Gasteiger partial charge on any atom is -0.349 e. The van der Waals surface area contributed by atoms with Crippen LogP contribution in [0.5, 0.6) is 0 Å². The molecule has 0 unspecified atom stereocenters. The Morgan fingerprint density at radius 1 is 1.40 bits per heavy atom. The van der Waals surface area contributed by atoms with Gasteiger partial charge in [-0.2, -0.15) is 0 Å². The molecule has 0 spiro atoms. The number of rotatable bonds is 4. The Balaban J connectivity index is 1.94. The van der Waals surface area contributed by atoms with Gasteiger partial charge in [-0.25, -0.2) is 8.42 Å². The molecular formula is C13H18ClNO3S2. The van der Waals surface area contributed by atoms with Crippen molar-refractivity contribution in [3.05, 3.63) is 17.0 Å². The number of carbonyl (C=O) groups is 1. The van der Waals surface area contributed by atoms with E-state index >= 15 is 0 Å². The molecule has 4 nitrogen and oxygen atoms in total. The van der Waals surface area contributed by atoms with Gasteiger partial charge in [0.25, 0.3) is 15.0 Å². The van der Waals surface area contributed by atoms with Gasteiger partial charge in [-0.05, 0) is 37.7 Å². The van der Waals surface area contributed by atoms with Gasteiger partial charge < -0.3 is 5.32 Å². The molecule has 0 saturated heterocycles. The Labute approximate surface area is 127 Å². The molecule has 20 heavy (non-hydrogen) atoms. The van der Waals surface area contributed by atoms with Crippen molar-refractivity contribution in [2.45, 2.75) is 49.3 Å². The Morgan fingerprint density at radius 3 is 2.55 bits per heavy atom. The maximum absolute atomic E-state index is 12.1. The Morgan fingerprint density at radius 2 is 2.05 bits per heavy atom. The molecule has 7 heteroatoms. The van der Waals surface area contributed by atoms with Crippen molar-refractivity contribution in [3.8, 4) is 0 Å². The van der Waals surface area contributed by atoms with Gasteiger partial charge in [0, 0.05) is 22.1 Å². The first-order valence-corrected chi connectivity index (χ1v) is 9.93. The fraction of sp³-hybridized carbons (Fsp3) is 0.615. The normalized spacial score (nSPS) is 23.5. The number of thiophene rings is 1. The van der Waals surface area contributed by atoms with Crippen molar-refractivity contribution in [2.24, 2.45) is 5.92 Å². The zero-order chi connectivity index (χ0) is 14.8. The van der Waals surface area contributed by atoms with Gasteiger partial charge in [0.2, 0.25) is 0 Å².